The van der Waals surface area contributed by atoms with Crippen molar-refractivity contribution in [1.29, 1.82) is 0 Å². The maximum absolute atomic E-state index is 12.8. The molecule has 0 unspecified atom stereocenters. The average molecular weight is 622 g/mol. The number of aliphatic hydroxyl groups excluding tert-OH is 3. The maximum atomic E-state index is 12.8. The SMILES string of the molecule is CCC[C@@H]1OC(=O)/C(C)=C/[C@H](C)CCCCC(=O)CCC[C@@H](CC)/C=C/C=C(\COC)CC[C@@H](O)[C@@H](O)C[C@H](O)CNC1=O. The number of amides is 1. The van der Waals surface area contributed by atoms with Crippen LogP contribution in [-0.2, 0) is 23.9 Å². The van der Waals surface area contributed by atoms with Gasteiger partial charge in [0.2, 0.25) is 0 Å². The Morgan fingerprint density at radius 3 is 2.39 bits per heavy atom. The first-order valence-electron chi connectivity index (χ1n) is 16.6. The van der Waals surface area contributed by atoms with Crippen LogP contribution >= 0.6 is 0 Å². The number of esters is 1. The molecule has 1 aliphatic heterocycles. The largest absolute Gasteiger partial charge is 0.449 e. The van der Waals surface area contributed by atoms with E-state index in [9.17, 15) is 29.7 Å². The maximum Gasteiger partial charge on any atom is 0.334 e. The van der Waals surface area contributed by atoms with E-state index in [1.54, 1.807) is 14.0 Å². The van der Waals surface area contributed by atoms with Crippen molar-refractivity contribution in [2.24, 2.45) is 11.8 Å². The molecule has 0 spiro atoms. The molecule has 0 aromatic heterocycles. The fraction of sp³-hybridized carbons (Fsp3) is 0.743. The molecule has 252 valence electrons. The first-order chi connectivity index (χ1) is 21.0. The number of hydrogen-bond acceptors (Lipinski definition) is 8. The highest BCUT2D eigenvalue weighted by atomic mass is 16.5. The Labute approximate surface area is 265 Å². The molecule has 1 amide bonds. The number of nitrogens with one attached hydrogen (secondary N) is 1. The molecular weight excluding hydrogens is 562 g/mol. The van der Waals surface area contributed by atoms with Crippen LogP contribution in [0.5, 0.6) is 0 Å². The summed E-state index contributed by atoms with van der Waals surface area (Å²) in [5.74, 6) is -0.300. The number of ketones is 1. The van der Waals surface area contributed by atoms with Gasteiger partial charge in [0.1, 0.15) is 5.78 Å². The summed E-state index contributed by atoms with van der Waals surface area (Å²) in [7, 11) is 1.61. The van der Waals surface area contributed by atoms with E-state index in [1.165, 1.54) is 0 Å². The van der Waals surface area contributed by atoms with E-state index in [-0.39, 0.29) is 31.1 Å². The van der Waals surface area contributed by atoms with E-state index in [0.29, 0.717) is 50.2 Å². The average Bonchev–Trinajstić information content (AvgIpc) is 2.98. The summed E-state index contributed by atoms with van der Waals surface area (Å²) in [5, 5.41) is 34.1. The Balaban J connectivity index is 3.00. The molecule has 44 heavy (non-hydrogen) atoms. The van der Waals surface area contributed by atoms with Gasteiger partial charge >= 0.3 is 5.97 Å². The molecule has 4 N–H and O–H groups in total. The zero-order valence-electron chi connectivity index (χ0n) is 27.8. The minimum Gasteiger partial charge on any atom is -0.449 e. The van der Waals surface area contributed by atoms with Gasteiger partial charge in [-0.05, 0) is 75.7 Å². The fourth-order valence-electron chi connectivity index (χ4n) is 5.33. The van der Waals surface area contributed by atoms with Crippen molar-refractivity contribution < 1.29 is 39.2 Å². The van der Waals surface area contributed by atoms with Gasteiger partial charge < -0.3 is 30.1 Å². The van der Waals surface area contributed by atoms with Crippen LogP contribution in [0.2, 0.25) is 0 Å². The first kappa shape index (κ1) is 39.7. The summed E-state index contributed by atoms with van der Waals surface area (Å²) in [4.78, 5) is 38.0. The van der Waals surface area contributed by atoms with Crippen LogP contribution in [0.25, 0.3) is 0 Å². The van der Waals surface area contributed by atoms with E-state index in [4.69, 9.17) is 9.47 Å². The molecular formula is C35H59NO8. The zero-order valence-corrected chi connectivity index (χ0v) is 27.8. The Morgan fingerprint density at radius 2 is 1.70 bits per heavy atom. The number of allylic oxidation sites excluding steroid dienone is 4. The van der Waals surface area contributed by atoms with Crippen LogP contribution in [0.15, 0.2) is 35.5 Å². The Hall–Kier alpha value is -2.33. The Morgan fingerprint density at radius 1 is 0.977 bits per heavy atom. The molecule has 1 aliphatic rings. The number of carbonyl (C=O) groups is 3. The lowest BCUT2D eigenvalue weighted by Gasteiger charge is -2.22. The summed E-state index contributed by atoms with van der Waals surface area (Å²) >= 11 is 0. The van der Waals surface area contributed by atoms with Gasteiger partial charge in [-0.1, -0.05) is 57.9 Å². The fourth-order valence-corrected chi connectivity index (χ4v) is 5.33. The second kappa shape index (κ2) is 23.1. The molecule has 9 heteroatoms. The molecule has 1 heterocycles. The number of carbonyl (C=O) groups excluding carboxylic acids is 3. The summed E-state index contributed by atoms with van der Waals surface area (Å²) in [6, 6.07) is 0. The van der Waals surface area contributed by atoms with Gasteiger partial charge in [0.05, 0.1) is 24.9 Å². The van der Waals surface area contributed by atoms with Gasteiger partial charge in [0.15, 0.2) is 6.10 Å². The molecule has 9 nitrogen and oxygen atoms in total. The van der Waals surface area contributed by atoms with E-state index >= 15 is 0 Å². The highest BCUT2D eigenvalue weighted by molar-refractivity contribution is 5.91. The standard InChI is InChI=1S/C35H59NO8/c1-6-12-33-34(41)36-23-30(38)22-32(40)31(39)20-19-28(24-43-5)16-10-14-27(7-2)15-11-18-29(37)17-9-8-13-25(3)21-26(4)35(42)44-33/h10,14,16,21,25,27,30-33,38-40H,6-9,11-13,15,17-20,22-24H2,1-5H3,(H,36,41)/b14-10+,26-21+,28-16-/t25-,27+,30+,31-,32+,33+/m1/s1. The van der Waals surface area contributed by atoms with Crippen molar-refractivity contribution in [3.63, 3.8) is 0 Å². The van der Waals surface area contributed by atoms with Gasteiger partial charge in [0.25, 0.3) is 5.91 Å². The molecule has 0 saturated heterocycles. The highest BCUT2D eigenvalue weighted by Gasteiger charge is 2.25. The van der Waals surface area contributed by atoms with Crippen molar-refractivity contribution in [2.45, 2.75) is 136 Å². The molecule has 1 rings (SSSR count). The van der Waals surface area contributed by atoms with Crippen molar-refractivity contribution in [2.75, 3.05) is 20.3 Å². The number of cyclic esters (lactones) is 1. The van der Waals surface area contributed by atoms with E-state index in [1.807, 2.05) is 32.1 Å². The molecule has 0 radical (unpaired) electrons. The Kier molecular flexibility index (Phi) is 20.8. The molecule has 0 saturated carbocycles. The zero-order chi connectivity index (χ0) is 32.9. The number of aliphatic hydroxyl groups is 3. The van der Waals surface area contributed by atoms with Crippen LogP contribution in [-0.4, -0.2) is 77.7 Å². The van der Waals surface area contributed by atoms with Crippen LogP contribution in [0, 0.1) is 11.8 Å². The summed E-state index contributed by atoms with van der Waals surface area (Å²) in [6.07, 6.45) is 11.7. The monoisotopic (exact) mass is 621 g/mol. The van der Waals surface area contributed by atoms with Gasteiger partial charge in [-0.3, -0.25) is 9.59 Å². The molecule has 0 bridgehead atoms. The minimum absolute atomic E-state index is 0.121. The Bertz CT molecular complexity index is 943. The van der Waals surface area contributed by atoms with Gasteiger partial charge in [-0.2, -0.15) is 0 Å². The van der Waals surface area contributed by atoms with Gasteiger partial charge in [-0.15, -0.1) is 0 Å². The smallest absolute Gasteiger partial charge is 0.334 e. The second-order valence-corrected chi connectivity index (χ2v) is 12.3. The van der Waals surface area contributed by atoms with Crippen molar-refractivity contribution in [1.82, 2.24) is 5.32 Å². The highest BCUT2D eigenvalue weighted by Crippen LogP contribution is 2.19. The van der Waals surface area contributed by atoms with E-state index in [0.717, 1.165) is 44.1 Å². The quantitative estimate of drug-likeness (QED) is 0.310. The number of ether oxygens (including phenoxy) is 2. The second-order valence-electron chi connectivity index (χ2n) is 12.3. The third-order valence-corrected chi connectivity index (χ3v) is 8.14. The first-order valence-corrected chi connectivity index (χ1v) is 16.6. The van der Waals surface area contributed by atoms with E-state index < -0.39 is 36.3 Å². The summed E-state index contributed by atoms with van der Waals surface area (Å²) in [5.41, 5.74) is 1.40. The molecule has 6 atom stereocenters. The summed E-state index contributed by atoms with van der Waals surface area (Å²) < 4.78 is 10.8. The third kappa shape index (κ3) is 17.2. The lowest BCUT2D eigenvalue weighted by molar-refractivity contribution is -0.152. The molecule has 0 aliphatic carbocycles. The van der Waals surface area contributed by atoms with Crippen LogP contribution < -0.4 is 5.32 Å². The topological polar surface area (TPSA) is 142 Å². The lowest BCUT2D eigenvalue weighted by Crippen LogP contribution is -2.42. The van der Waals surface area contributed by atoms with Gasteiger partial charge in [0, 0.05) is 38.5 Å². The third-order valence-electron chi connectivity index (χ3n) is 8.14. The lowest BCUT2D eigenvalue weighted by atomic mass is 9.95. The van der Waals surface area contributed by atoms with Crippen molar-refractivity contribution in [3.8, 4) is 0 Å². The van der Waals surface area contributed by atoms with Crippen molar-refractivity contribution in [3.05, 3.63) is 35.5 Å². The molecule has 0 fully saturated rings. The van der Waals surface area contributed by atoms with Crippen LogP contribution in [0.4, 0.5) is 0 Å². The molecule has 0 aromatic rings. The van der Waals surface area contributed by atoms with Crippen LogP contribution in [0.3, 0.4) is 0 Å². The van der Waals surface area contributed by atoms with Crippen LogP contribution in [0.1, 0.15) is 111 Å². The normalized spacial score (nSPS) is 32.1. The van der Waals surface area contributed by atoms with E-state index in [2.05, 4.69) is 18.3 Å². The molecule has 0 aromatic carbocycles. The predicted molar refractivity (Wildman–Crippen MR) is 173 cm³/mol. The number of hydrogen-bond donors (Lipinski definition) is 4. The minimum atomic E-state index is -1.18. The number of methoxy groups -OCH3 is 1. The predicted octanol–water partition coefficient (Wildman–Crippen LogP) is 5.12. The number of β-amino-alcohol motifs (C(OH)–C–C–N with tert-alkyl or cyclic N) is 1. The summed E-state index contributed by atoms with van der Waals surface area (Å²) in [6.45, 7) is 7.96. The number of Topliss-reactive ketones (excluding diaryl/α,β-unsaturated/α-hetero) is 1. The van der Waals surface area contributed by atoms with Gasteiger partial charge in [-0.25, -0.2) is 4.79 Å². The van der Waals surface area contributed by atoms with Crippen molar-refractivity contribution >= 4 is 17.7 Å². The number of rotatable bonds is 5.